The fraction of sp³-hybridized carbons (Fsp3) is 0.400. The monoisotopic (exact) mass is 481 g/mol. The Bertz CT molecular complexity index is 1260. The highest BCUT2D eigenvalue weighted by Crippen LogP contribution is 2.28. The van der Waals surface area contributed by atoms with Crippen molar-refractivity contribution < 1.29 is 37.1 Å². The van der Waals surface area contributed by atoms with Crippen molar-refractivity contribution in [1.29, 1.82) is 0 Å². The molecule has 0 bridgehead atoms. The maximum atomic E-state index is 13.3. The second-order valence-electron chi connectivity index (χ2n) is 7.37. The predicted octanol–water partition coefficient (Wildman–Crippen LogP) is -0.445. The summed E-state index contributed by atoms with van der Waals surface area (Å²) in [6.07, 6.45) is 0.633. The molecule has 1 saturated heterocycles. The molecule has 1 aliphatic rings. The quantitative estimate of drug-likeness (QED) is 0.350. The molecule has 1 aromatic heterocycles. The minimum Gasteiger partial charge on any atom is -0.467 e. The van der Waals surface area contributed by atoms with Crippen molar-refractivity contribution in [3.63, 3.8) is 0 Å². The molecule has 0 unspecified atom stereocenters. The van der Waals surface area contributed by atoms with E-state index >= 15 is 0 Å². The molecule has 33 heavy (non-hydrogen) atoms. The van der Waals surface area contributed by atoms with Gasteiger partial charge in [0.1, 0.15) is 17.3 Å². The SMILES string of the molecule is COC(=O)[C@H](CO)NC(=O)[C@@H]1CCCN1S(=O)(=O)c1ccc2oc(=O)c(NC(C)=O)cc2c1. The minimum absolute atomic E-state index is 0.0709. The average Bonchev–Trinajstić information content (AvgIpc) is 3.27. The van der Waals surface area contributed by atoms with Crippen LogP contribution in [0.4, 0.5) is 5.69 Å². The minimum atomic E-state index is -4.15. The Balaban J connectivity index is 1.92. The molecular weight excluding hydrogens is 458 g/mol. The molecule has 0 aliphatic carbocycles. The number of carbonyl (C=O) groups excluding carboxylic acids is 3. The highest BCUT2D eigenvalue weighted by Gasteiger charge is 2.40. The van der Waals surface area contributed by atoms with Gasteiger partial charge in [0, 0.05) is 18.9 Å². The maximum absolute atomic E-state index is 13.3. The maximum Gasteiger partial charge on any atom is 0.360 e. The summed E-state index contributed by atoms with van der Waals surface area (Å²) in [6.45, 7) is 0.580. The average molecular weight is 481 g/mol. The molecule has 1 fully saturated rings. The molecule has 2 atom stereocenters. The van der Waals surface area contributed by atoms with Crippen molar-refractivity contribution >= 4 is 44.5 Å². The van der Waals surface area contributed by atoms with Crippen LogP contribution in [0.25, 0.3) is 11.0 Å². The number of anilines is 1. The van der Waals surface area contributed by atoms with E-state index in [9.17, 15) is 32.7 Å². The molecule has 178 valence electrons. The molecule has 2 aromatic rings. The van der Waals surface area contributed by atoms with Gasteiger partial charge in [0.2, 0.25) is 21.8 Å². The van der Waals surface area contributed by atoms with Gasteiger partial charge >= 0.3 is 11.6 Å². The number of aliphatic hydroxyl groups excluding tert-OH is 1. The van der Waals surface area contributed by atoms with Crippen LogP contribution < -0.4 is 16.3 Å². The molecule has 3 rings (SSSR count). The first-order chi connectivity index (χ1) is 15.6. The van der Waals surface area contributed by atoms with Crippen LogP contribution in [-0.4, -0.2) is 68.0 Å². The van der Waals surface area contributed by atoms with Gasteiger partial charge in [-0.2, -0.15) is 4.31 Å². The largest absolute Gasteiger partial charge is 0.467 e. The summed E-state index contributed by atoms with van der Waals surface area (Å²) < 4.78 is 37.3. The lowest BCUT2D eigenvalue weighted by Gasteiger charge is -2.25. The molecule has 2 amide bonds. The molecule has 0 radical (unpaired) electrons. The number of hydrogen-bond donors (Lipinski definition) is 3. The van der Waals surface area contributed by atoms with E-state index in [2.05, 4.69) is 15.4 Å². The molecule has 2 heterocycles. The summed E-state index contributed by atoms with van der Waals surface area (Å²) in [7, 11) is -3.05. The van der Waals surface area contributed by atoms with Crippen LogP contribution in [0.15, 0.2) is 38.4 Å². The number of sulfonamides is 1. The van der Waals surface area contributed by atoms with E-state index in [1.807, 2.05) is 0 Å². The van der Waals surface area contributed by atoms with Gasteiger partial charge in [0.25, 0.3) is 0 Å². The summed E-state index contributed by atoms with van der Waals surface area (Å²) in [5.74, 6) is -2.09. The number of ether oxygens (including phenoxy) is 1. The van der Waals surface area contributed by atoms with Crippen molar-refractivity contribution in [1.82, 2.24) is 9.62 Å². The summed E-state index contributed by atoms with van der Waals surface area (Å²) >= 11 is 0. The second-order valence-corrected chi connectivity index (χ2v) is 9.26. The van der Waals surface area contributed by atoms with Crippen LogP contribution in [0, 0.1) is 0 Å². The zero-order valence-electron chi connectivity index (χ0n) is 17.9. The van der Waals surface area contributed by atoms with E-state index < -0.39 is 52.1 Å². The number of aliphatic hydroxyl groups is 1. The smallest absolute Gasteiger partial charge is 0.360 e. The molecule has 13 heteroatoms. The number of amides is 2. The van der Waals surface area contributed by atoms with Crippen molar-refractivity contribution in [2.45, 2.75) is 36.7 Å². The molecule has 3 N–H and O–H groups in total. The van der Waals surface area contributed by atoms with Gasteiger partial charge in [-0.15, -0.1) is 0 Å². The molecular formula is C20H23N3O9S. The van der Waals surface area contributed by atoms with Gasteiger partial charge < -0.3 is 24.9 Å². The van der Waals surface area contributed by atoms with Crippen LogP contribution in [0.2, 0.25) is 0 Å². The van der Waals surface area contributed by atoms with Gasteiger partial charge in [0.15, 0.2) is 6.04 Å². The molecule has 0 saturated carbocycles. The van der Waals surface area contributed by atoms with E-state index in [1.54, 1.807) is 0 Å². The number of nitrogens with one attached hydrogen (secondary N) is 2. The van der Waals surface area contributed by atoms with Crippen molar-refractivity contribution in [2.24, 2.45) is 0 Å². The Hall–Kier alpha value is -3.29. The first-order valence-corrected chi connectivity index (χ1v) is 11.4. The van der Waals surface area contributed by atoms with E-state index in [0.717, 1.165) is 11.4 Å². The Kier molecular flexibility index (Phi) is 7.15. The standard InChI is InChI=1S/C20H23N3O9S/c1-11(25)21-14-9-12-8-13(5-6-17(12)32-20(14)28)33(29,30)23-7-3-4-16(23)18(26)22-15(10-24)19(27)31-2/h5-6,8-9,15-16,24H,3-4,7,10H2,1-2H3,(H,21,25)(H,22,26)/t15-,16-/m0/s1. The summed E-state index contributed by atoms with van der Waals surface area (Å²) in [5.41, 5.74) is -0.804. The van der Waals surface area contributed by atoms with Gasteiger partial charge in [-0.1, -0.05) is 0 Å². The first kappa shape index (κ1) is 24.4. The topological polar surface area (TPSA) is 172 Å². The van der Waals surface area contributed by atoms with Crippen LogP contribution in [0.1, 0.15) is 19.8 Å². The third-order valence-electron chi connectivity index (χ3n) is 5.11. The highest BCUT2D eigenvalue weighted by molar-refractivity contribution is 7.89. The van der Waals surface area contributed by atoms with E-state index in [0.29, 0.717) is 6.42 Å². The number of fused-ring (bicyclic) bond motifs is 1. The zero-order chi connectivity index (χ0) is 24.3. The number of benzene rings is 1. The van der Waals surface area contributed by atoms with Crippen LogP contribution in [0.5, 0.6) is 0 Å². The fourth-order valence-electron chi connectivity index (χ4n) is 3.55. The van der Waals surface area contributed by atoms with E-state index in [4.69, 9.17) is 4.42 Å². The molecule has 12 nitrogen and oxygen atoms in total. The zero-order valence-corrected chi connectivity index (χ0v) is 18.7. The predicted molar refractivity (Wildman–Crippen MR) is 115 cm³/mol. The highest BCUT2D eigenvalue weighted by atomic mass is 32.2. The Labute approximate surface area is 188 Å². The summed E-state index contributed by atoms with van der Waals surface area (Å²) in [4.78, 5) is 47.4. The van der Waals surface area contributed by atoms with Gasteiger partial charge in [-0.25, -0.2) is 18.0 Å². The lowest BCUT2D eigenvalue weighted by Crippen LogP contribution is -2.52. The number of carbonyl (C=O) groups is 3. The molecule has 1 aromatic carbocycles. The Morgan fingerprint density at radius 1 is 1.30 bits per heavy atom. The van der Waals surface area contributed by atoms with Crippen molar-refractivity contribution in [3.8, 4) is 0 Å². The first-order valence-electron chi connectivity index (χ1n) is 9.95. The normalized spacial score (nSPS) is 17.5. The number of nitrogens with zero attached hydrogens (tertiary/aromatic N) is 1. The second kappa shape index (κ2) is 9.68. The third kappa shape index (κ3) is 5.05. The lowest BCUT2D eigenvalue weighted by molar-refractivity contribution is -0.146. The van der Waals surface area contributed by atoms with Gasteiger partial charge in [-0.3, -0.25) is 9.59 Å². The van der Waals surface area contributed by atoms with Gasteiger partial charge in [0.05, 0.1) is 18.6 Å². The Morgan fingerprint density at radius 3 is 2.67 bits per heavy atom. The fourth-order valence-corrected chi connectivity index (χ4v) is 5.25. The third-order valence-corrected chi connectivity index (χ3v) is 7.02. The van der Waals surface area contributed by atoms with E-state index in [-0.39, 0.29) is 34.5 Å². The molecule has 1 aliphatic heterocycles. The number of methoxy groups -OCH3 is 1. The van der Waals surface area contributed by atoms with E-state index in [1.165, 1.54) is 31.2 Å². The number of esters is 1. The number of rotatable bonds is 7. The Morgan fingerprint density at radius 2 is 2.03 bits per heavy atom. The van der Waals surface area contributed by atoms with Crippen LogP contribution >= 0.6 is 0 Å². The van der Waals surface area contributed by atoms with Crippen molar-refractivity contribution in [2.75, 3.05) is 25.6 Å². The van der Waals surface area contributed by atoms with Gasteiger partial charge in [-0.05, 0) is 37.1 Å². The molecule has 0 spiro atoms. The summed E-state index contributed by atoms with van der Waals surface area (Å²) in [6, 6.07) is 2.73. The summed E-state index contributed by atoms with van der Waals surface area (Å²) in [5, 5.41) is 14.2. The number of hydrogen-bond acceptors (Lipinski definition) is 9. The van der Waals surface area contributed by atoms with Crippen LogP contribution in [0.3, 0.4) is 0 Å². The lowest BCUT2D eigenvalue weighted by atomic mass is 10.2. The van der Waals surface area contributed by atoms with Crippen molar-refractivity contribution in [3.05, 3.63) is 34.7 Å². The van der Waals surface area contributed by atoms with Crippen LogP contribution in [-0.2, 0) is 29.1 Å².